The number of allylic oxidation sites excluding steroid dienone is 1. The molecule has 2 aliphatic rings. The fraction of sp³-hybridized carbons (Fsp3) is 0.440. The number of benzene rings is 1. The molecular weight excluding hydrogens is 424 g/mol. The van der Waals surface area contributed by atoms with Crippen LogP contribution < -0.4 is 14.8 Å². The van der Waals surface area contributed by atoms with Crippen LogP contribution in [-0.2, 0) is 4.79 Å². The van der Waals surface area contributed by atoms with Crippen molar-refractivity contribution < 1.29 is 19.1 Å². The van der Waals surface area contributed by atoms with Crippen LogP contribution in [-0.4, -0.2) is 44.5 Å². The number of hydrogen-bond acceptors (Lipinski definition) is 5. The summed E-state index contributed by atoms with van der Waals surface area (Å²) in [5, 5.41) is 5.12. The number of amides is 2. The van der Waals surface area contributed by atoms with E-state index in [-0.39, 0.29) is 17.9 Å². The molecule has 32 heavy (non-hydrogen) atoms. The van der Waals surface area contributed by atoms with Crippen molar-refractivity contribution in [2.45, 2.75) is 44.1 Å². The summed E-state index contributed by atoms with van der Waals surface area (Å²) in [6.07, 6.45) is 7.91. The van der Waals surface area contributed by atoms with E-state index in [0.29, 0.717) is 29.2 Å². The molecule has 1 aromatic carbocycles. The minimum absolute atomic E-state index is 0.0763. The average molecular weight is 455 g/mol. The first-order chi connectivity index (χ1) is 15.5. The number of ether oxygens (including phenoxy) is 2. The molecule has 2 unspecified atom stereocenters. The number of carbonyl (C=O) groups excluding carboxylic acids is 2. The zero-order chi connectivity index (χ0) is 22.7. The second-order valence-electron chi connectivity index (χ2n) is 8.30. The Labute approximate surface area is 193 Å². The molecule has 4 rings (SSSR count). The Morgan fingerprint density at radius 1 is 1.22 bits per heavy atom. The second-order valence-corrected chi connectivity index (χ2v) is 9.28. The standard InChI is InChI=1S/C25H30N2O4S/c1-27-23(21-10-7-13-32-21)22(24(28)26-12-11-16-8-5-4-6-9-16)17-14-19(30-2)20(31-3)15-18(17)25(27)29/h7-8,10,13-15,22-23H,4-6,9,11-12H2,1-3H3,(H,26,28). The molecule has 1 N–H and O–H groups in total. The van der Waals surface area contributed by atoms with E-state index in [1.807, 2.05) is 17.5 Å². The SMILES string of the molecule is COc1cc2c(cc1OC)C(C(=O)NCCC1=CCCCC1)C(c1cccs1)N(C)C2=O. The summed E-state index contributed by atoms with van der Waals surface area (Å²) in [5.41, 5.74) is 2.58. The molecule has 7 heteroatoms. The van der Waals surface area contributed by atoms with Crippen molar-refractivity contribution in [3.05, 3.63) is 57.3 Å². The van der Waals surface area contributed by atoms with Gasteiger partial charge in [-0.05, 0) is 61.2 Å². The number of carbonyl (C=O) groups is 2. The zero-order valence-corrected chi connectivity index (χ0v) is 19.7. The highest BCUT2D eigenvalue weighted by atomic mass is 32.1. The molecule has 2 amide bonds. The molecule has 2 heterocycles. The molecular formula is C25H30N2O4S. The van der Waals surface area contributed by atoms with Crippen LogP contribution in [0.25, 0.3) is 0 Å². The molecule has 0 fully saturated rings. The fourth-order valence-electron chi connectivity index (χ4n) is 4.73. The molecule has 0 spiro atoms. The van der Waals surface area contributed by atoms with Gasteiger partial charge in [0, 0.05) is 24.0 Å². The quantitative estimate of drug-likeness (QED) is 0.617. The highest BCUT2D eigenvalue weighted by molar-refractivity contribution is 7.10. The Kier molecular flexibility index (Phi) is 6.84. The van der Waals surface area contributed by atoms with Gasteiger partial charge in [-0.1, -0.05) is 17.7 Å². The van der Waals surface area contributed by atoms with E-state index >= 15 is 0 Å². The van der Waals surface area contributed by atoms with E-state index in [4.69, 9.17) is 9.47 Å². The number of thiophene rings is 1. The summed E-state index contributed by atoms with van der Waals surface area (Å²) in [4.78, 5) is 29.5. The lowest BCUT2D eigenvalue weighted by Crippen LogP contribution is -2.45. The van der Waals surface area contributed by atoms with Gasteiger partial charge in [-0.3, -0.25) is 9.59 Å². The van der Waals surface area contributed by atoms with Crippen molar-refractivity contribution in [2.24, 2.45) is 0 Å². The molecule has 1 aromatic heterocycles. The summed E-state index contributed by atoms with van der Waals surface area (Å²) in [7, 11) is 4.87. The molecule has 0 radical (unpaired) electrons. The molecule has 0 bridgehead atoms. The van der Waals surface area contributed by atoms with Crippen LogP contribution >= 0.6 is 11.3 Å². The first-order valence-corrected chi connectivity index (χ1v) is 11.9. The number of likely N-dealkylation sites (N-methyl/N-ethyl adjacent to an activating group) is 1. The monoisotopic (exact) mass is 454 g/mol. The predicted octanol–water partition coefficient (Wildman–Crippen LogP) is 4.68. The van der Waals surface area contributed by atoms with Crippen molar-refractivity contribution in [1.82, 2.24) is 10.2 Å². The van der Waals surface area contributed by atoms with Crippen LogP contribution in [0.3, 0.4) is 0 Å². The van der Waals surface area contributed by atoms with Crippen molar-refractivity contribution in [3.8, 4) is 11.5 Å². The van der Waals surface area contributed by atoms with Gasteiger partial charge >= 0.3 is 0 Å². The van der Waals surface area contributed by atoms with Gasteiger partial charge in [-0.2, -0.15) is 0 Å². The predicted molar refractivity (Wildman–Crippen MR) is 126 cm³/mol. The van der Waals surface area contributed by atoms with E-state index in [9.17, 15) is 9.59 Å². The molecule has 0 saturated heterocycles. The first kappa shape index (κ1) is 22.4. The Bertz CT molecular complexity index is 1020. The molecule has 0 saturated carbocycles. The molecule has 2 atom stereocenters. The number of nitrogens with one attached hydrogen (secondary N) is 1. The van der Waals surface area contributed by atoms with Gasteiger partial charge in [0.1, 0.15) is 0 Å². The third-order valence-corrected chi connectivity index (χ3v) is 7.37. The fourth-order valence-corrected chi connectivity index (χ4v) is 5.64. The summed E-state index contributed by atoms with van der Waals surface area (Å²) in [6, 6.07) is 7.03. The maximum absolute atomic E-state index is 13.6. The maximum atomic E-state index is 13.6. The first-order valence-electron chi connectivity index (χ1n) is 11.1. The van der Waals surface area contributed by atoms with Crippen LogP contribution in [0.15, 0.2) is 41.3 Å². The van der Waals surface area contributed by atoms with E-state index in [1.165, 1.54) is 18.4 Å². The topological polar surface area (TPSA) is 67.9 Å². The highest BCUT2D eigenvalue weighted by Crippen LogP contribution is 2.46. The highest BCUT2D eigenvalue weighted by Gasteiger charge is 2.44. The summed E-state index contributed by atoms with van der Waals surface area (Å²) in [6.45, 7) is 0.596. The van der Waals surface area contributed by atoms with Crippen molar-refractivity contribution >= 4 is 23.2 Å². The molecule has 1 aliphatic heterocycles. The normalized spacial score (nSPS) is 20.4. The van der Waals surface area contributed by atoms with Gasteiger partial charge in [0.05, 0.1) is 26.2 Å². The minimum Gasteiger partial charge on any atom is -0.493 e. The van der Waals surface area contributed by atoms with Gasteiger partial charge in [0.15, 0.2) is 11.5 Å². The van der Waals surface area contributed by atoms with Crippen LogP contribution in [0.5, 0.6) is 11.5 Å². The van der Waals surface area contributed by atoms with Crippen LogP contribution in [0, 0.1) is 0 Å². The largest absolute Gasteiger partial charge is 0.493 e. The smallest absolute Gasteiger partial charge is 0.254 e. The number of fused-ring (bicyclic) bond motifs is 1. The van der Waals surface area contributed by atoms with Gasteiger partial charge in [0.25, 0.3) is 5.91 Å². The van der Waals surface area contributed by atoms with E-state index < -0.39 is 5.92 Å². The van der Waals surface area contributed by atoms with Gasteiger partial charge in [0.2, 0.25) is 5.91 Å². The molecule has 1 aliphatic carbocycles. The van der Waals surface area contributed by atoms with E-state index in [1.54, 1.807) is 49.6 Å². The Morgan fingerprint density at radius 2 is 2.00 bits per heavy atom. The third-order valence-electron chi connectivity index (χ3n) is 6.42. The summed E-state index contributed by atoms with van der Waals surface area (Å²) in [5.74, 6) is 0.250. The van der Waals surface area contributed by atoms with Crippen LogP contribution in [0.1, 0.15) is 64.9 Å². The Balaban J connectivity index is 1.69. The lowest BCUT2D eigenvalue weighted by atomic mass is 9.81. The van der Waals surface area contributed by atoms with Crippen LogP contribution in [0.2, 0.25) is 0 Å². The van der Waals surface area contributed by atoms with Gasteiger partial charge in [-0.25, -0.2) is 0 Å². The van der Waals surface area contributed by atoms with Crippen molar-refractivity contribution in [1.29, 1.82) is 0 Å². The Hall–Kier alpha value is -2.80. The molecule has 170 valence electrons. The van der Waals surface area contributed by atoms with Gasteiger partial charge < -0.3 is 19.7 Å². The lowest BCUT2D eigenvalue weighted by molar-refractivity contribution is -0.124. The second kappa shape index (κ2) is 9.77. The van der Waals surface area contributed by atoms with Gasteiger partial charge in [-0.15, -0.1) is 11.3 Å². The molecule has 6 nitrogen and oxygen atoms in total. The number of rotatable bonds is 7. The molecule has 2 aromatic rings. The summed E-state index contributed by atoms with van der Waals surface area (Å²) < 4.78 is 10.9. The zero-order valence-electron chi connectivity index (χ0n) is 18.8. The summed E-state index contributed by atoms with van der Waals surface area (Å²) >= 11 is 1.56. The Morgan fingerprint density at radius 3 is 2.66 bits per heavy atom. The van der Waals surface area contributed by atoms with E-state index in [0.717, 1.165) is 24.1 Å². The van der Waals surface area contributed by atoms with Crippen LogP contribution in [0.4, 0.5) is 0 Å². The maximum Gasteiger partial charge on any atom is 0.254 e. The minimum atomic E-state index is -0.536. The number of hydrogen-bond donors (Lipinski definition) is 1. The lowest BCUT2D eigenvalue weighted by Gasteiger charge is -2.39. The number of methoxy groups -OCH3 is 2. The van der Waals surface area contributed by atoms with Crippen molar-refractivity contribution in [3.63, 3.8) is 0 Å². The van der Waals surface area contributed by atoms with E-state index in [2.05, 4.69) is 11.4 Å². The number of nitrogens with zero attached hydrogens (tertiary/aromatic N) is 1. The third kappa shape index (κ3) is 4.26. The average Bonchev–Trinajstić information content (AvgIpc) is 3.35. The van der Waals surface area contributed by atoms with Crippen molar-refractivity contribution in [2.75, 3.05) is 27.8 Å².